The van der Waals surface area contributed by atoms with Crippen LogP contribution in [0.5, 0.6) is 5.75 Å². The molecule has 4 rings (SSSR count). The Labute approximate surface area is 172 Å². The molecule has 2 heterocycles. The van der Waals surface area contributed by atoms with Gasteiger partial charge in [0.25, 0.3) is 0 Å². The van der Waals surface area contributed by atoms with Gasteiger partial charge in [-0.15, -0.1) is 0 Å². The lowest BCUT2D eigenvalue weighted by atomic mass is 9.88. The van der Waals surface area contributed by atoms with E-state index in [0.29, 0.717) is 18.9 Å². The number of benzene rings is 1. The Balaban J connectivity index is 1.60. The summed E-state index contributed by atoms with van der Waals surface area (Å²) in [6, 6.07) is 5.46. The van der Waals surface area contributed by atoms with Crippen molar-refractivity contribution in [2.45, 2.75) is 71.1 Å². The number of ether oxygens (including phenoxy) is 1. The van der Waals surface area contributed by atoms with Crippen molar-refractivity contribution in [3.63, 3.8) is 0 Å². The van der Waals surface area contributed by atoms with Crippen LogP contribution in [0.3, 0.4) is 0 Å². The molecule has 1 aliphatic heterocycles. The van der Waals surface area contributed by atoms with Crippen molar-refractivity contribution in [2.75, 3.05) is 13.7 Å². The molecule has 0 bridgehead atoms. The number of aliphatic hydroxyl groups excluding tert-OH is 1. The summed E-state index contributed by atoms with van der Waals surface area (Å²) in [6.07, 6.45) is 3.40. The highest BCUT2D eigenvalue weighted by molar-refractivity contribution is 5.77. The Hall–Kier alpha value is -2.34. The monoisotopic (exact) mass is 397 g/mol. The average molecular weight is 398 g/mol. The van der Waals surface area contributed by atoms with Crippen LogP contribution in [0.25, 0.3) is 0 Å². The molecule has 6 heteroatoms. The molecule has 3 atom stereocenters. The topological polar surface area (TPSA) is 67.6 Å². The van der Waals surface area contributed by atoms with Crippen molar-refractivity contribution in [3.8, 4) is 5.75 Å². The molecular formula is C23H31N3O3. The highest BCUT2D eigenvalue weighted by Gasteiger charge is 2.38. The molecule has 0 spiro atoms. The Bertz CT molecular complexity index is 920. The van der Waals surface area contributed by atoms with Gasteiger partial charge in [0, 0.05) is 18.2 Å². The molecule has 1 saturated heterocycles. The lowest BCUT2D eigenvalue weighted by Crippen LogP contribution is -2.36. The number of rotatable bonds is 4. The number of aliphatic hydroxyl groups is 1. The first-order valence-corrected chi connectivity index (χ1v) is 10.6. The molecule has 1 aromatic carbocycles. The summed E-state index contributed by atoms with van der Waals surface area (Å²) in [7, 11) is 1.64. The van der Waals surface area contributed by atoms with E-state index in [0.717, 1.165) is 41.1 Å². The van der Waals surface area contributed by atoms with Crippen LogP contribution in [-0.2, 0) is 17.8 Å². The third-order valence-electron chi connectivity index (χ3n) is 6.73. The number of carbonyl (C=O) groups is 1. The van der Waals surface area contributed by atoms with Gasteiger partial charge < -0.3 is 14.7 Å². The molecule has 1 amide bonds. The molecule has 29 heavy (non-hydrogen) atoms. The highest BCUT2D eigenvalue weighted by Crippen LogP contribution is 2.37. The van der Waals surface area contributed by atoms with Crippen LogP contribution < -0.4 is 4.74 Å². The van der Waals surface area contributed by atoms with Crippen molar-refractivity contribution in [1.82, 2.24) is 14.7 Å². The number of hydrogen-bond acceptors (Lipinski definition) is 4. The predicted octanol–water partition coefficient (Wildman–Crippen LogP) is 3.28. The smallest absolute Gasteiger partial charge is 0.244 e. The summed E-state index contributed by atoms with van der Waals surface area (Å²) in [5, 5.41) is 15.5. The number of carbonyl (C=O) groups excluding carboxylic acids is 1. The Morgan fingerprint density at radius 3 is 2.83 bits per heavy atom. The van der Waals surface area contributed by atoms with E-state index in [2.05, 4.69) is 13.8 Å². The van der Waals surface area contributed by atoms with Gasteiger partial charge in [0.15, 0.2) is 0 Å². The number of methoxy groups -OCH3 is 1. The van der Waals surface area contributed by atoms with Gasteiger partial charge in [0.05, 0.1) is 24.9 Å². The van der Waals surface area contributed by atoms with Gasteiger partial charge in [-0.3, -0.25) is 9.48 Å². The molecule has 0 unspecified atom stereocenters. The maximum absolute atomic E-state index is 13.3. The van der Waals surface area contributed by atoms with E-state index >= 15 is 0 Å². The quantitative estimate of drug-likeness (QED) is 0.860. The number of likely N-dealkylation sites (tertiary alicyclic amines) is 1. The van der Waals surface area contributed by atoms with Crippen LogP contribution in [0, 0.1) is 13.8 Å². The van der Waals surface area contributed by atoms with Crippen molar-refractivity contribution in [1.29, 1.82) is 0 Å². The van der Waals surface area contributed by atoms with Crippen molar-refractivity contribution in [3.05, 3.63) is 46.3 Å². The number of amides is 1. The van der Waals surface area contributed by atoms with E-state index in [4.69, 9.17) is 9.84 Å². The van der Waals surface area contributed by atoms with E-state index in [-0.39, 0.29) is 18.5 Å². The highest BCUT2D eigenvalue weighted by atomic mass is 16.5. The zero-order valence-corrected chi connectivity index (χ0v) is 17.8. The van der Waals surface area contributed by atoms with Crippen LogP contribution in [0.2, 0.25) is 0 Å². The van der Waals surface area contributed by atoms with E-state index < -0.39 is 6.10 Å². The van der Waals surface area contributed by atoms with E-state index in [1.807, 2.05) is 34.7 Å². The summed E-state index contributed by atoms with van der Waals surface area (Å²) in [6.45, 7) is 7.04. The van der Waals surface area contributed by atoms with Gasteiger partial charge in [-0.05, 0) is 62.3 Å². The van der Waals surface area contributed by atoms with Gasteiger partial charge in [-0.1, -0.05) is 19.1 Å². The van der Waals surface area contributed by atoms with Crippen LogP contribution in [0.1, 0.15) is 66.2 Å². The SMILES string of the molecule is COc1cccc([C@@H]2[C@H](O)CCN2C(=O)Cn2nc3c(c2C)CCC[C@@H]3C)c1C. The summed E-state index contributed by atoms with van der Waals surface area (Å²) < 4.78 is 7.31. The minimum atomic E-state index is -0.572. The Morgan fingerprint density at radius 1 is 1.31 bits per heavy atom. The van der Waals surface area contributed by atoms with Crippen molar-refractivity contribution >= 4 is 5.91 Å². The van der Waals surface area contributed by atoms with Crippen LogP contribution in [0.15, 0.2) is 18.2 Å². The molecule has 1 N–H and O–H groups in total. The molecule has 0 radical (unpaired) electrons. The second-order valence-electron chi connectivity index (χ2n) is 8.46. The molecule has 1 fully saturated rings. The van der Waals surface area contributed by atoms with Gasteiger partial charge in [-0.25, -0.2) is 0 Å². The summed E-state index contributed by atoms with van der Waals surface area (Å²) >= 11 is 0. The number of fused-ring (bicyclic) bond motifs is 1. The van der Waals surface area contributed by atoms with Gasteiger partial charge >= 0.3 is 0 Å². The van der Waals surface area contributed by atoms with E-state index in [1.165, 1.54) is 12.0 Å². The Kier molecular flexibility index (Phi) is 5.38. The summed E-state index contributed by atoms with van der Waals surface area (Å²) in [5.41, 5.74) is 5.50. The van der Waals surface area contributed by atoms with Crippen LogP contribution >= 0.6 is 0 Å². The standard InChI is InChI=1S/C23H31N3O3/c1-14-7-5-9-18-16(3)26(24-22(14)18)13-21(28)25-12-11-19(27)23(25)17-8-6-10-20(29-4)15(17)2/h6,8,10,14,19,23,27H,5,7,9,11-13H2,1-4H3/t14-,19+,23+/m0/s1. The van der Waals surface area contributed by atoms with Crippen LogP contribution in [-0.4, -0.2) is 45.5 Å². The fourth-order valence-corrected chi connectivity index (χ4v) is 5.01. The van der Waals surface area contributed by atoms with Crippen molar-refractivity contribution in [2.24, 2.45) is 0 Å². The minimum Gasteiger partial charge on any atom is -0.496 e. The molecule has 1 aromatic heterocycles. The normalized spacial score (nSPS) is 23.9. The van der Waals surface area contributed by atoms with Gasteiger partial charge in [-0.2, -0.15) is 5.10 Å². The third-order valence-corrected chi connectivity index (χ3v) is 6.73. The average Bonchev–Trinajstić information content (AvgIpc) is 3.24. The maximum Gasteiger partial charge on any atom is 0.244 e. The second-order valence-corrected chi connectivity index (χ2v) is 8.46. The summed E-state index contributed by atoms with van der Waals surface area (Å²) in [5.74, 6) is 1.23. The number of nitrogens with zero attached hydrogens (tertiary/aromatic N) is 3. The minimum absolute atomic E-state index is 0.00405. The molecule has 0 saturated carbocycles. The fourth-order valence-electron chi connectivity index (χ4n) is 5.01. The number of hydrogen-bond donors (Lipinski definition) is 1. The zero-order valence-electron chi connectivity index (χ0n) is 17.8. The van der Waals surface area contributed by atoms with E-state index in [1.54, 1.807) is 7.11 Å². The molecule has 6 nitrogen and oxygen atoms in total. The largest absolute Gasteiger partial charge is 0.496 e. The maximum atomic E-state index is 13.3. The molecule has 1 aliphatic carbocycles. The fraction of sp³-hybridized carbons (Fsp3) is 0.565. The third kappa shape index (κ3) is 3.44. The van der Waals surface area contributed by atoms with Crippen LogP contribution in [0.4, 0.5) is 0 Å². The Morgan fingerprint density at radius 2 is 2.10 bits per heavy atom. The first-order chi connectivity index (χ1) is 13.9. The molecule has 156 valence electrons. The second kappa shape index (κ2) is 7.82. The zero-order chi connectivity index (χ0) is 20.7. The molecule has 2 aliphatic rings. The first kappa shape index (κ1) is 20.0. The first-order valence-electron chi connectivity index (χ1n) is 10.6. The summed E-state index contributed by atoms with van der Waals surface area (Å²) in [4.78, 5) is 15.1. The van der Waals surface area contributed by atoms with E-state index in [9.17, 15) is 9.90 Å². The number of aromatic nitrogens is 2. The van der Waals surface area contributed by atoms with Gasteiger partial charge in [0.2, 0.25) is 5.91 Å². The molecule has 2 aromatic rings. The predicted molar refractivity (Wildman–Crippen MR) is 111 cm³/mol. The lowest BCUT2D eigenvalue weighted by Gasteiger charge is -2.28. The molecular weight excluding hydrogens is 366 g/mol. The van der Waals surface area contributed by atoms with Gasteiger partial charge in [0.1, 0.15) is 12.3 Å². The van der Waals surface area contributed by atoms with Crippen molar-refractivity contribution < 1.29 is 14.6 Å². The lowest BCUT2D eigenvalue weighted by molar-refractivity contribution is -0.134.